The zero-order valence-corrected chi connectivity index (χ0v) is 15.8. The van der Waals surface area contributed by atoms with Crippen molar-refractivity contribution < 1.29 is 0 Å². The van der Waals surface area contributed by atoms with Crippen LogP contribution in [0.15, 0.2) is 67.4 Å². The second kappa shape index (κ2) is 7.05. The Morgan fingerprint density at radius 1 is 1.04 bits per heavy atom. The monoisotopic (exact) mass is 370 g/mol. The van der Waals surface area contributed by atoms with Gasteiger partial charge in [0.25, 0.3) is 0 Å². The third kappa shape index (κ3) is 3.01. The van der Waals surface area contributed by atoms with Gasteiger partial charge in [-0.15, -0.1) is 0 Å². The van der Waals surface area contributed by atoms with Gasteiger partial charge in [-0.1, -0.05) is 29.8 Å². The molecule has 6 heteroatoms. The highest BCUT2D eigenvalue weighted by Gasteiger charge is 2.31. The Morgan fingerprint density at radius 2 is 1.86 bits per heavy atom. The highest BCUT2D eigenvalue weighted by atomic mass is 15.2. The fourth-order valence-electron chi connectivity index (χ4n) is 3.98. The average Bonchev–Trinajstić information content (AvgIpc) is 3.39. The topological polar surface area (TPSA) is 62.6 Å². The number of aryl methyl sites for hydroxylation is 1. The first-order chi connectivity index (χ1) is 13.8. The lowest BCUT2D eigenvalue weighted by atomic mass is 9.95. The number of hydrogen-bond acceptors (Lipinski definition) is 4. The molecule has 0 radical (unpaired) electrons. The fraction of sp³-hybridized carbons (Fsp3) is 0.227. The Labute approximate surface area is 163 Å². The molecule has 1 unspecified atom stereocenters. The number of H-pyrrole nitrogens is 1. The van der Waals surface area contributed by atoms with Gasteiger partial charge < -0.3 is 4.98 Å². The summed E-state index contributed by atoms with van der Waals surface area (Å²) in [7, 11) is 0. The molecule has 1 aromatic carbocycles. The Balaban J connectivity index is 1.51. The predicted octanol–water partition coefficient (Wildman–Crippen LogP) is 3.45. The quantitative estimate of drug-likeness (QED) is 0.598. The molecule has 140 valence electrons. The van der Waals surface area contributed by atoms with E-state index in [4.69, 9.17) is 0 Å². The predicted molar refractivity (Wildman–Crippen MR) is 107 cm³/mol. The molecule has 4 heterocycles. The second-order valence-electron chi connectivity index (χ2n) is 7.22. The zero-order valence-electron chi connectivity index (χ0n) is 15.8. The van der Waals surface area contributed by atoms with Crippen LogP contribution in [0.25, 0.3) is 5.95 Å². The number of imidazole rings is 1. The second-order valence-corrected chi connectivity index (χ2v) is 7.22. The molecule has 6 nitrogen and oxygen atoms in total. The Hall–Kier alpha value is -3.25. The van der Waals surface area contributed by atoms with Crippen LogP contribution in [0.2, 0.25) is 0 Å². The molecule has 1 aliphatic heterocycles. The van der Waals surface area contributed by atoms with Gasteiger partial charge in [0.2, 0.25) is 5.95 Å². The van der Waals surface area contributed by atoms with Gasteiger partial charge in [0.15, 0.2) is 0 Å². The fourth-order valence-corrected chi connectivity index (χ4v) is 3.98. The minimum Gasteiger partial charge on any atom is -0.348 e. The molecule has 0 fully saturated rings. The van der Waals surface area contributed by atoms with E-state index in [-0.39, 0.29) is 6.04 Å². The first-order valence-electron chi connectivity index (χ1n) is 9.56. The van der Waals surface area contributed by atoms with Crippen LogP contribution in [0, 0.1) is 6.92 Å². The van der Waals surface area contributed by atoms with Crippen molar-refractivity contribution in [2.75, 3.05) is 6.54 Å². The highest BCUT2D eigenvalue weighted by molar-refractivity contribution is 5.34. The lowest BCUT2D eigenvalue weighted by Gasteiger charge is -2.35. The molecule has 0 amide bonds. The van der Waals surface area contributed by atoms with Gasteiger partial charge in [0, 0.05) is 49.5 Å². The highest BCUT2D eigenvalue weighted by Crippen LogP contribution is 2.34. The SMILES string of the molecule is Cc1ccc(C2c3nc[nH]c3CCN2Cc2cccn2-c2ncccn2)cc1. The molecule has 3 aromatic heterocycles. The van der Waals surface area contributed by atoms with Crippen molar-refractivity contribution >= 4 is 0 Å². The number of rotatable bonds is 4. The number of hydrogen-bond donors (Lipinski definition) is 1. The number of fused-ring (bicyclic) bond motifs is 1. The zero-order chi connectivity index (χ0) is 18.9. The molecule has 28 heavy (non-hydrogen) atoms. The molecule has 1 aliphatic rings. The van der Waals surface area contributed by atoms with E-state index in [1.807, 2.05) is 18.6 Å². The third-order valence-electron chi connectivity index (χ3n) is 5.38. The summed E-state index contributed by atoms with van der Waals surface area (Å²) in [5.74, 6) is 0.701. The van der Waals surface area contributed by atoms with Crippen LogP contribution in [-0.2, 0) is 13.0 Å². The number of nitrogens with zero attached hydrogens (tertiary/aromatic N) is 5. The molecule has 0 saturated heterocycles. The van der Waals surface area contributed by atoms with E-state index in [0.717, 1.165) is 25.2 Å². The van der Waals surface area contributed by atoms with E-state index < -0.39 is 0 Å². The van der Waals surface area contributed by atoms with Crippen LogP contribution < -0.4 is 0 Å². The minimum atomic E-state index is 0.135. The van der Waals surface area contributed by atoms with Crippen LogP contribution in [0.3, 0.4) is 0 Å². The van der Waals surface area contributed by atoms with Crippen molar-refractivity contribution in [3.8, 4) is 5.95 Å². The van der Waals surface area contributed by atoms with E-state index in [9.17, 15) is 0 Å². The van der Waals surface area contributed by atoms with Crippen LogP contribution in [0.1, 0.15) is 34.3 Å². The molecule has 0 spiro atoms. The molecule has 4 aromatic rings. The molecule has 0 saturated carbocycles. The maximum absolute atomic E-state index is 4.67. The molecule has 0 aliphatic carbocycles. The normalized spacial score (nSPS) is 16.8. The molecule has 1 N–H and O–H groups in total. The number of aromatic amines is 1. The van der Waals surface area contributed by atoms with Gasteiger partial charge in [-0.05, 0) is 30.7 Å². The van der Waals surface area contributed by atoms with E-state index in [1.165, 1.54) is 22.5 Å². The lowest BCUT2D eigenvalue weighted by molar-refractivity contribution is 0.197. The van der Waals surface area contributed by atoms with Crippen LogP contribution in [0.4, 0.5) is 0 Å². The van der Waals surface area contributed by atoms with Gasteiger partial charge in [0.05, 0.1) is 18.1 Å². The van der Waals surface area contributed by atoms with Crippen molar-refractivity contribution in [3.63, 3.8) is 0 Å². The van der Waals surface area contributed by atoms with E-state index in [2.05, 4.69) is 72.7 Å². The Kier molecular flexibility index (Phi) is 4.25. The number of aromatic nitrogens is 5. The van der Waals surface area contributed by atoms with Gasteiger partial charge in [-0.25, -0.2) is 15.0 Å². The summed E-state index contributed by atoms with van der Waals surface area (Å²) < 4.78 is 2.06. The number of nitrogens with one attached hydrogen (secondary N) is 1. The number of benzene rings is 1. The summed E-state index contributed by atoms with van der Waals surface area (Å²) in [5.41, 5.74) is 6.08. The van der Waals surface area contributed by atoms with Gasteiger partial charge in [-0.2, -0.15) is 0 Å². The first-order valence-corrected chi connectivity index (χ1v) is 9.56. The smallest absolute Gasteiger partial charge is 0.233 e. The van der Waals surface area contributed by atoms with Crippen molar-refractivity contribution in [2.45, 2.75) is 25.9 Å². The van der Waals surface area contributed by atoms with E-state index in [1.54, 1.807) is 12.4 Å². The summed E-state index contributed by atoms with van der Waals surface area (Å²) >= 11 is 0. The summed E-state index contributed by atoms with van der Waals surface area (Å²) in [4.78, 5) is 19.3. The largest absolute Gasteiger partial charge is 0.348 e. The van der Waals surface area contributed by atoms with Crippen molar-refractivity contribution in [2.24, 2.45) is 0 Å². The standard InChI is InChI=1S/C22H22N6/c1-16-5-7-17(8-6-16)21-20-19(25-15-26-20)9-13-27(21)14-18-4-2-12-28(18)22-23-10-3-11-24-22/h2-8,10-12,15,21H,9,13-14H2,1H3,(H,25,26). The molecular weight excluding hydrogens is 348 g/mol. The Morgan fingerprint density at radius 3 is 2.68 bits per heavy atom. The minimum absolute atomic E-state index is 0.135. The summed E-state index contributed by atoms with van der Waals surface area (Å²) in [5, 5.41) is 0. The molecule has 5 rings (SSSR count). The van der Waals surface area contributed by atoms with Crippen LogP contribution in [-0.4, -0.2) is 35.9 Å². The molecule has 0 bridgehead atoms. The third-order valence-corrected chi connectivity index (χ3v) is 5.38. The Bertz CT molecular complexity index is 1060. The summed E-state index contributed by atoms with van der Waals surface area (Å²) in [6.07, 6.45) is 8.36. The van der Waals surface area contributed by atoms with Crippen molar-refractivity contribution in [3.05, 3.63) is 95.6 Å². The summed E-state index contributed by atoms with van der Waals surface area (Å²) in [6, 6.07) is 15.0. The van der Waals surface area contributed by atoms with Gasteiger partial charge >= 0.3 is 0 Å². The average molecular weight is 370 g/mol. The maximum atomic E-state index is 4.67. The summed E-state index contributed by atoms with van der Waals surface area (Å²) in [6.45, 7) is 3.89. The first kappa shape index (κ1) is 16.9. The lowest BCUT2D eigenvalue weighted by Crippen LogP contribution is -2.36. The van der Waals surface area contributed by atoms with E-state index in [0.29, 0.717) is 5.95 Å². The van der Waals surface area contributed by atoms with Crippen LogP contribution in [0.5, 0.6) is 0 Å². The molecular formula is C22H22N6. The molecule has 1 atom stereocenters. The van der Waals surface area contributed by atoms with Gasteiger partial charge in [0.1, 0.15) is 0 Å². The van der Waals surface area contributed by atoms with Crippen molar-refractivity contribution in [1.29, 1.82) is 0 Å². The van der Waals surface area contributed by atoms with Crippen LogP contribution >= 0.6 is 0 Å². The van der Waals surface area contributed by atoms with Crippen molar-refractivity contribution in [1.82, 2.24) is 29.4 Å². The maximum Gasteiger partial charge on any atom is 0.233 e. The van der Waals surface area contributed by atoms with Gasteiger partial charge in [-0.3, -0.25) is 9.47 Å². The van der Waals surface area contributed by atoms with E-state index >= 15 is 0 Å².